The summed E-state index contributed by atoms with van der Waals surface area (Å²) in [5.74, 6) is 0.638. The topological polar surface area (TPSA) is 42.4 Å². The van der Waals surface area contributed by atoms with E-state index in [4.69, 9.17) is 4.74 Å². The van der Waals surface area contributed by atoms with Crippen LogP contribution in [0.1, 0.15) is 38.3 Å². The maximum atomic E-state index is 10.9. The van der Waals surface area contributed by atoms with Crippen LogP contribution in [0.3, 0.4) is 0 Å². The van der Waals surface area contributed by atoms with Gasteiger partial charge in [-0.05, 0) is 32.3 Å². The molecule has 92 valence electrons. The van der Waals surface area contributed by atoms with Gasteiger partial charge in [0.2, 0.25) is 12.3 Å². The zero-order chi connectivity index (χ0) is 12.3. The Labute approximate surface area is 102 Å². The molecule has 4 nitrogen and oxygen atoms in total. The van der Waals surface area contributed by atoms with Gasteiger partial charge in [0.15, 0.2) is 0 Å². The van der Waals surface area contributed by atoms with Crippen molar-refractivity contribution in [3.8, 4) is 5.88 Å². The molecule has 1 amide bonds. The highest BCUT2D eigenvalue weighted by Crippen LogP contribution is 2.30. The number of aromatic nitrogens is 1. The minimum atomic E-state index is 0.131. The molecule has 0 bridgehead atoms. The highest BCUT2D eigenvalue weighted by molar-refractivity contribution is 5.49. The summed E-state index contributed by atoms with van der Waals surface area (Å²) in [5, 5.41) is 0. The molecule has 0 aliphatic carbocycles. The van der Waals surface area contributed by atoms with Crippen LogP contribution in [0, 0.1) is 0 Å². The van der Waals surface area contributed by atoms with Gasteiger partial charge in [-0.2, -0.15) is 0 Å². The molecular weight excluding hydrogens is 216 g/mol. The van der Waals surface area contributed by atoms with Gasteiger partial charge in [0, 0.05) is 18.8 Å². The van der Waals surface area contributed by atoms with Gasteiger partial charge in [-0.3, -0.25) is 4.79 Å². The Morgan fingerprint density at radius 2 is 2.35 bits per heavy atom. The van der Waals surface area contributed by atoms with Crippen molar-refractivity contribution in [1.82, 2.24) is 9.88 Å². The fraction of sp³-hybridized carbons (Fsp3) is 0.538. The molecule has 1 fully saturated rings. The average molecular weight is 234 g/mol. The predicted molar refractivity (Wildman–Crippen MR) is 64.7 cm³/mol. The molecule has 1 aromatic rings. The van der Waals surface area contributed by atoms with Crippen LogP contribution in [-0.4, -0.2) is 28.9 Å². The van der Waals surface area contributed by atoms with Gasteiger partial charge >= 0.3 is 0 Å². The standard InChI is InChI=1S/C13H18N2O2/c1-10(2)17-13-6-5-11(8-14-13)12-4-3-7-15(12)9-16/h5-6,8-10,12H,3-4,7H2,1-2H3. The molecule has 0 spiro atoms. The lowest BCUT2D eigenvalue weighted by atomic mass is 10.1. The SMILES string of the molecule is CC(C)Oc1ccc(C2CCCN2C=O)cn1. The summed E-state index contributed by atoms with van der Waals surface area (Å²) in [6.45, 7) is 4.79. The third kappa shape index (κ3) is 2.75. The Bertz CT molecular complexity index is 376. The first-order valence-corrected chi connectivity index (χ1v) is 6.04. The van der Waals surface area contributed by atoms with Gasteiger partial charge in [0.1, 0.15) is 0 Å². The zero-order valence-corrected chi connectivity index (χ0v) is 10.3. The van der Waals surface area contributed by atoms with Crippen LogP contribution >= 0.6 is 0 Å². The van der Waals surface area contributed by atoms with Crippen LogP contribution in [-0.2, 0) is 4.79 Å². The normalized spacial score (nSPS) is 19.7. The van der Waals surface area contributed by atoms with Crippen molar-refractivity contribution in [3.05, 3.63) is 23.9 Å². The van der Waals surface area contributed by atoms with E-state index >= 15 is 0 Å². The number of pyridine rings is 1. The molecule has 0 N–H and O–H groups in total. The van der Waals surface area contributed by atoms with Crippen molar-refractivity contribution in [1.29, 1.82) is 0 Å². The van der Waals surface area contributed by atoms with Gasteiger partial charge in [0.25, 0.3) is 0 Å². The second-order valence-electron chi connectivity index (χ2n) is 4.60. The van der Waals surface area contributed by atoms with E-state index in [2.05, 4.69) is 4.98 Å². The molecule has 0 saturated carbocycles. The number of rotatable bonds is 4. The van der Waals surface area contributed by atoms with E-state index in [-0.39, 0.29) is 12.1 Å². The molecular formula is C13H18N2O2. The average Bonchev–Trinajstić information content (AvgIpc) is 2.77. The van der Waals surface area contributed by atoms with Crippen molar-refractivity contribution in [3.63, 3.8) is 0 Å². The second kappa shape index (κ2) is 5.17. The third-order valence-electron chi connectivity index (χ3n) is 2.93. The summed E-state index contributed by atoms with van der Waals surface area (Å²) in [4.78, 5) is 17.0. The quantitative estimate of drug-likeness (QED) is 0.750. The smallest absolute Gasteiger partial charge is 0.213 e. The van der Waals surface area contributed by atoms with E-state index in [1.54, 1.807) is 0 Å². The van der Waals surface area contributed by atoms with E-state index in [0.29, 0.717) is 5.88 Å². The fourth-order valence-corrected chi connectivity index (χ4v) is 2.17. The molecule has 0 radical (unpaired) electrons. The summed E-state index contributed by atoms with van der Waals surface area (Å²) in [7, 11) is 0. The van der Waals surface area contributed by atoms with Crippen LogP contribution in [0.4, 0.5) is 0 Å². The fourth-order valence-electron chi connectivity index (χ4n) is 2.17. The van der Waals surface area contributed by atoms with Crippen molar-refractivity contribution >= 4 is 6.41 Å². The molecule has 1 aliphatic heterocycles. The van der Waals surface area contributed by atoms with Crippen LogP contribution in [0.15, 0.2) is 18.3 Å². The molecule has 4 heteroatoms. The van der Waals surface area contributed by atoms with E-state index in [9.17, 15) is 4.79 Å². The summed E-state index contributed by atoms with van der Waals surface area (Å²) in [6.07, 6.45) is 4.95. The number of ether oxygens (including phenoxy) is 1. The molecule has 1 atom stereocenters. The molecule has 1 aromatic heterocycles. The lowest BCUT2D eigenvalue weighted by Crippen LogP contribution is -2.21. The minimum absolute atomic E-state index is 0.131. The predicted octanol–water partition coefficient (Wildman–Crippen LogP) is 2.16. The van der Waals surface area contributed by atoms with Crippen molar-refractivity contribution < 1.29 is 9.53 Å². The highest BCUT2D eigenvalue weighted by Gasteiger charge is 2.24. The molecule has 2 rings (SSSR count). The molecule has 1 unspecified atom stereocenters. The Balaban J connectivity index is 2.09. The second-order valence-corrected chi connectivity index (χ2v) is 4.60. The number of carbonyl (C=O) groups is 1. The number of likely N-dealkylation sites (tertiary alicyclic amines) is 1. The Morgan fingerprint density at radius 1 is 1.53 bits per heavy atom. The number of hydrogen-bond acceptors (Lipinski definition) is 3. The highest BCUT2D eigenvalue weighted by atomic mass is 16.5. The molecule has 1 saturated heterocycles. The minimum Gasteiger partial charge on any atom is -0.475 e. The van der Waals surface area contributed by atoms with Crippen LogP contribution in [0.2, 0.25) is 0 Å². The first-order chi connectivity index (χ1) is 8.20. The van der Waals surface area contributed by atoms with Gasteiger partial charge in [-0.15, -0.1) is 0 Å². The van der Waals surface area contributed by atoms with Gasteiger partial charge in [0.05, 0.1) is 12.1 Å². The first kappa shape index (κ1) is 11.9. The monoisotopic (exact) mass is 234 g/mol. The van der Waals surface area contributed by atoms with Crippen LogP contribution < -0.4 is 4.74 Å². The summed E-state index contributed by atoms with van der Waals surface area (Å²) < 4.78 is 5.49. The van der Waals surface area contributed by atoms with E-state index < -0.39 is 0 Å². The van der Waals surface area contributed by atoms with E-state index in [0.717, 1.165) is 31.4 Å². The van der Waals surface area contributed by atoms with E-state index in [1.807, 2.05) is 37.1 Å². The molecule has 1 aliphatic rings. The summed E-state index contributed by atoms with van der Waals surface area (Å²) in [6, 6.07) is 4.06. The maximum absolute atomic E-state index is 10.9. The summed E-state index contributed by atoms with van der Waals surface area (Å²) in [5.41, 5.74) is 1.09. The molecule has 0 aromatic carbocycles. The lowest BCUT2D eigenvalue weighted by molar-refractivity contribution is -0.118. The third-order valence-corrected chi connectivity index (χ3v) is 2.93. The Hall–Kier alpha value is -1.58. The molecule has 2 heterocycles. The maximum Gasteiger partial charge on any atom is 0.213 e. The summed E-state index contributed by atoms with van der Waals surface area (Å²) >= 11 is 0. The van der Waals surface area contributed by atoms with Gasteiger partial charge < -0.3 is 9.64 Å². The number of hydrogen-bond donors (Lipinski definition) is 0. The van der Waals surface area contributed by atoms with Crippen molar-refractivity contribution in [2.75, 3.05) is 6.54 Å². The van der Waals surface area contributed by atoms with Crippen molar-refractivity contribution in [2.24, 2.45) is 0 Å². The Kier molecular flexibility index (Phi) is 3.61. The molecule has 17 heavy (non-hydrogen) atoms. The Morgan fingerprint density at radius 3 is 2.94 bits per heavy atom. The largest absolute Gasteiger partial charge is 0.475 e. The lowest BCUT2D eigenvalue weighted by Gasteiger charge is -2.20. The first-order valence-electron chi connectivity index (χ1n) is 6.04. The van der Waals surface area contributed by atoms with Crippen LogP contribution in [0.5, 0.6) is 5.88 Å². The zero-order valence-electron chi connectivity index (χ0n) is 10.3. The van der Waals surface area contributed by atoms with Gasteiger partial charge in [-0.1, -0.05) is 6.07 Å². The van der Waals surface area contributed by atoms with Crippen LogP contribution in [0.25, 0.3) is 0 Å². The number of carbonyl (C=O) groups excluding carboxylic acids is 1. The number of nitrogens with zero attached hydrogens (tertiary/aromatic N) is 2. The van der Waals surface area contributed by atoms with Crippen molar-refractivity contribution in [2.45, 2.75) is 38.8 Å². The van der Waals surface area contributed by atoms with Gasteiger partial charge in [-0.25, -0.2) is 4.98 Å². The van der Waals surface area contributed by atoms with E-state index in [1.165, 1.54) is 0 Å². The number of amides is 1.